The van der Waals surface area contributed by atoms with Gasteiger partial charge in [0.15, 0.2) is 0 Å². The monoisotopic (exact) mass is 263 g/mol. The summed E-state index contributed by atoms with van der Waals surface area (Å²) in [6.07, 6.45) is 3.47. The molecule has 104 valence electrons. The van der Waals surface area contributed by atoms with E-state index in [-0.39, 0.29) is 5.91 Å². The van der Waals surface area contributed by atoms with E-state index in [4.69, 9.17) is 4.74 Å². The second kappa shape index (κ2) is 5.86. The smallest absolute Gasteiger partial charge is 0.232 e. The fraction of sp³-hybridized carbons (Fsp3) is 0.643. The van der Waals surface area contributed by atoms with Gasteiger partial charge in [-0.3, -0.25) is 14.3 Å². The lowest BCUT2D eigenvalue weighted by atomic mass is 10.1. The Morgan fingerprint density at radius 1 is 1.37 bits per heavy atom. The first kappa shape index (κ1) is 12.8. The maximum atomic E-state index is 12.3. The summed E-state index contributed by atoms with van der Waals surface area (Å²) in [6.45, 7) is 6.17. The Hall–Kier alpha value is -1.17. The van der Waals surface area contributed by atoms with Crippen LogP contribution < -0.4 is 5.32 Å². The fourth-order valence-electron chi connectivity index (χ4n) is 2.81. The topological polar surface area (TPSA) is 46.5 Å². The van der Waals surface area contributed by atoms with Crippen LogP contribution in [0.25, 0.3) is 0 Å². The number of fused-ring (bicyclic) bond motifs is 1. The van der Waals surface area contributed by atoms with Crippen LogP contribution in [-0.2, 0) is 17.7 Å². The van der Waals surface area contributed by atoms with Crippen molar-refractivity contribution in [3.05, 3.63) is 23.5 Å². The molecule has 0 bridgehead atoms. The summed E-state index contributed by atoms with van der Waals surface area (Å²) >= 11 is 0. The molecule has 0 unspecified atom stereocenters. The number of aromatic nitrogens is 1. The first-order chi connectivity index (χ1) is 9.34. The van der Waals surface area contributed by atoms with Crippen LogP contribution in [0.1, 0.15) is 22.5 Å². The van der Waals surface area contributed by atoms with Gasteiger partial charge in [-0.05, 0) is 11.6 Å². The maximum Gasteiger partial charge on any atom is 0.232 e. The minimum absolute atomic E-state index is 0.217. The number of morpholine rings is 1. The van der Waals surface area contributed by atoms with E-state index in [0.717, 1.165) is 52.4 Å². The molecule has 1 fully saturated rings. The van der Waals surface area contributed by atoms with Crippen molar-refractivity contribution >= 4 is 5.91 Å². The molecule has 3 rings (SSSR count). The Labute approximate surface area is 113 Å². The molecule has 1 N–H and O–H groups in total. The van der Waals surface area contributed by atoms with Crippen molar-refractivity contribution in [3.8, 4) is 0 Å². The van der Waals surface area contributed by atoms with Crippen molar-refractivity contribution in [2.45, 2.75) is 19.4 Å². The molecule has 0 saturated carbocycles. The third-order valence-electron chi connectivity index (χ3n) is 3.95. The largest absolute Gasteiger partial charge is 0.379 e. The predicted octanol–water partition coefficient (Wildman–Crippen LogP) is 0.496. The molecule has 1 aromatic heterocycles. The average molecular weight is 263 g/mol. The van der Waals surface area contributed by atoms with E-state index in [1.54, 1.807) is 0 Å². The zero-order chi connectivity index (χ0) is 13.1. The Kier molecular flexibility index (Phi) is 3.96. The summed E-state index contributed by atoms with van der Waals surface area (Å²) in [6, 6.07) is 2.06. The summed E-state index contributed by atoms with van der Waals surface area (Å²) in [7, 11) is 0. The second-order valence-corrected chi connectivity index (χ2v) is 5.18. The summed E-state index contributed by atoms with van der Waals surface area (Å²) in [5, 5.41) is 3.33. The summed E-state index contributed by atoms with van der Waals surface area (Å²) in [4.78, 5) is 14.6. The highest BCUT2D eigenvalue weighted by molar-refractivity contribution is 5.80. The number of carbonyl (C=O) groups is 1. The van der Waals surface area contributed by atoms with Crippen LogP contribution in [0.2, 0.25) is 0 Å². The zero-order valence-corrected chi connectivity index (χ0v) is 11.2. The van der Waals surface area contributed by atoms with E-state index in [9.17, 15) is 4.79 Å². The van der Waals surface area contributed by atoms with E-state index >= 15 is 0 Å². The van der Waals surface area contributed by atoms with Gasteiger partial charge in [0.1, 0.15) is 0 Å². The van der Waals surface area contributed by atoms with Crippen LogP contribution in [0.3, 0.4) is 0 Å². The van der Waals surface area contributed by atoms with Gasteiger partial charge in [0.05, 0.1) is 13.2 Å². The minimum Gasteiger partial charge on any atom is -0.379 e. The molecule has 1 saturated heterocycles. The lowest BCUT2D eigenvalue weighted by molar-refractivity contribution is 0.0363. The van der Waals surface area contributed by atoms with Gasteiger partial charge in [-0.25, -0.2) is 0 Å². The predicted molar refractivity (Wildman–Crippen MR) is 72.3 cm³/mol. The Morgan fingerprint density at radius 3 is 3.05 bits per heavy atom. The molecule has 0 aliphatic carbocycles. The molecule has 0 amide bonds. The van der Waals surface area contributed by atoms with Crippen LogP contribution in [0.4, 0.5) is 0 Å². The van der Waals surface area contributed by atoms with Crippen LogP contribution in [0.15, 0.2) is 12.3 Å². The van der Waals surface area contributed by atoms with Gasteiger partial charge in [-0.2, -0.15) is 0 Å². The van der Waals surface area contributed by atoms with Gasteiger partial charge in [0.25, 0.3) is 0 Å². The maximum absolute atomic E-state index is 12.3. The molecule has 19 heavy (non-hydrogen) atoms. The normalized spacial score (nSPS) is 20.2. The highest BCUT2D eigenvalue weighted by Crippen LogP contribution is 2.16. The summed E-state index contributed by atoms with van der Waals surface area (Å²) in [5.74, 6) is 0.217. The van der Waals surface area contributed by atoms with Crippen LogP contribution in [0, 0.1) is 0 Å². The molecule has 5 nitrogen and oxygen atoms in total. The molecule has 0 aromatic carbocycles. The van der Waals surface area contributed by atoms with E-state index in [2.05, 4.69) is 16.3 Å². The summed E-state index contributed by atoms with van der Waals surface area (Å²) in [5.41, 5.74) is 2.47. The van der Waals surface area contributed by atoms with E-state index < -0.39 is 0 Å². The first-order valence-corrected chi connectivity index (χ1v) is 7.08. The SMILES string of the molecule is O=C(CCN1CCOCC1)n1ccc2c1CCNC2. The molecule has 3 heterocycles. The highest BCUT2D eigenvalue weighted by atomic mass is 16.5. The molecular weight excluding hydrogens is 242 g/mol. The van der Waals surface area contributed by atoms with Gasteiger partial charge in [0.2, 0.25) is 5.91 Å². The third-order valence-corrected chi connectivity index (χ3v) is 3.95. The van der Waals surface area contributed by atoms with Crippen molar-refractivity contribution < 1.29 is 9.53 Å². The van der Waals surface area contributed by atoms with Crippen LogP contribution in [-0.4, -0.2) is 54.8 Å². The average Bonchev–Trinajstić information content (AvgIpc) is 2.90. The minimum atomic E-state index is 0.217. The second-order valence-electron chi connectivity index (χ2n) is 5.18. The number of nitrogens with zero attached hydrogens (tertiary/aromatic N) is 2. The number of ether oxygens (including phenoxy) is 1. The lowest BCUT2D eigenvalue weighted by Crippen LogP contribution is -2.38. The van der Waals surface area contributed by atoms with E-state index in [0.29, 0.717) is 6.42 Å². The van der Waals surface area contributed by atoms with Crippen molar-refractivity contribution in [2.75, 3.05) is 39.4 Å². The molecule has 2 aliphatic rings. The molecule has 2 aliphatic heterocycles. The van der Waals surface area contributed by atoms with Crippen molar-refractivity contribution in [1.29, 1.82) is 0 Å². The van der Waals surface area contributed by atoms with Crippen LogP contribution >= 0.6 is 0 Å². The van der Waals surface area contributed by atoms with Gasteiger partial charge < -0.3 is 10.1 Å². The molecule has 5 heteroatoms. The number of carbonyl (C=O) groups excluding carboxylic acids is 1. The zero-order valence-electron chi connectivity index (χ0n) is 11.2. The molecule has 0 atom stereocenters. The highest BCUT2D eigenvalue weighted by Gasteiger charge is 2.18. The Morgan fingerprint density at radius 2 is 2.21 bits per heavy atom. The standard InChI is InChI=1S/C14H21N3O2/c18-14(3-5-16-7-9-19-10-8-16)17-6-2-12-11-15-4-1-13(12)17/h2,6,15H,1,3-5,7-11H2. The molecular formula is C14H21N3O2. The number of rotatable bonds is 3. The van der Waals surface area contributed by atoms with Gasteiger partial charge in [-0.15, -0.1) is 0 Å². The third kappa shape index (κ3) is 2.88. The fourth-order valence-corrected chi connectivity index (χ4v) is 2.81. The van der Waals surface area contributed by atoms with Gasteiger partial charge in [-0.1, -0.05) is 0 Å². The van der Waals surface area contributed by atoms with Crippen molar-refractivity contribution in [2.24, 2.45) is 0 Å². The van der Waals surface area contributed by atoms with Crippen molar-refractivity contribution in [1.82, 2.24) is 14.8 Å². The van der Waals surface area contributed by atoms with Crippen LogP contribution in [0.5, 0.6) is 0 Å². The quantitative estimate of drug-likeness (QED) is 0.862. The summed E-state index contributed by atoms with van der Waals surface area (Å²) < 4.78 is 7.17. The van der Waals surface area contributed by atoms with Gasteiger partial charge in [0, 0.05) is 57.5 Å². The Bertz CT molecular complexity index is 450. The van der Waals surface area contributed by atoms with Crippen molar-refractivity contribution in [3.63, 3.8) is 0 Å². The molecule has 1 aromatic rings. The molecule has 0 spiro atoms. The lowest BCUT2D eigenvalue weighted by Gasteiger charge is -2.26. The number of hydrogen-bond acceptors (Lipinski definition) is 4. The number of hydrogen-bond donors (Lipinski definition) is 1. The Balaban J connectivity index is 1.59. The van der Waals surface area contributed by atoms with E-state index in [1.165, 1.54) is 11.3 Å². The molecule has 0 radical (unpaired) electrons. The first-order valence-electron chi connectivity index (χ1n) is 7.08. The van der Waals surface area contributed by atoms with Gasteiger partial charge >= 0.3 is 0 Å². The van der Waals surface area contributed by atoms with E-state index in [1.807, 2.05) is 10.8 Å². The number of nitrogens with one attached hydrogen (secondary N) is 1.